The molecule has 0 unspecified atom stereocenters. The molecule has 6 heteroatoms. The molecule has 0 radical (unpaired) electrons. The van der Waals surface area contributed by atoms with Gasteiger partial charge in [-0.25, -0.2) is 9.97 Å². The highest BCUT2D eigenvalue weighted by Crippen LogP contribution is 2.26. The van der Waals surface area contributed by atoms with Crippen LogP contribution in [0.3, 0.4) is 0 Å². The summed E-state index contributed by atoms with van der Waals surface area (Å²) in [4.78, 5) is 9.27. The second kappa shape index (κ2) is 6.32. The van der Waals surface area contributed by atoms with Crippen molar-refractivity contribution in [3.05, 3.63) is 29.4 Å². The van der Waals surface area contributed by atoms with Crippen molar-refractivity contribution in [1.29, 1.82) is 10.8 Å². The molecule has 120 valence electrons. The normalized spacial score (nSPS) is 13.3. The maximum absolute atomic E-state index is 8.21. The number of aryl methyl sites for hydroxylation is 1. The number of nitrogens with zero attached hydrogens (tertiary/aromatic N) is 3. The van der Waals surface area contributed by atoms with Crippen molar-refractivity contribution < 1.29 is 0 Å². The number of imidazole rings is 1. The first kappa shape index (κ1) is 15.4. The third-order valence-electron chi connectivity index (χ3n) is 3.87. The molecular formula is C17H22N6. The lowest BCUT2D eigenvalue weighted by molar-refractivity contribution is 0.686. The van der Waals surface area contributed by atoms with Gasteiger partial charge in [-0.15, -0.1) is 0 Å². The van der Waals surface area contributed by atoms with Gasteiger partial charge in [0.25, 0.3) is 0 Å². The molecule has 0 fully saturated rings. The Labute approximate surface area is 135 Å². The molecule has 2 aromatic heterocycles. The Bertz CT molecular complexity index is 784. The van der Waals surface area contributed by atoms with Crippen LogP contribution in [0.25, 0.3) is 11.7 Å². The Kier molecular flexibility index (Phi) is 4.23. The summed E-state index contributed by atoms with van der Waals surface area (Å²) < 4.78 is 2.01. The number of hydrogen-bond acceptors (Lipinski definition) is 5. The highest BCUT2D eigenvalue weighted by Gasteiger charge is 2.19. The maximum atomic E-state index is 8.21. The number of nitrogens with one attached hydrogen (secondary N) is 3. The van der Waals surface area contributed by atoms with Gasteiger partial charge in [0.1, 0.15) is 0 Å². The maximum Gasteiger partial charge on any atom is 0.181 e. The minimum atomic E-state index is 0.309. The first-order valence-corrected chi connectivity index (χ1v) is 7.99. The average molecular weight is 310 g/mol. The predicted octanol–water partition coefficient (Wildman–Crippen LogP) is 3.16. The summed E-state index contributed by atoms with van der Waals surface area (Å²) in [6.45, 7) is 5.14. The fourth-order valence-electron chi connectivity index (χ4n) is 2.74. The van der Waals surface area contributed by atoms with Gasteiger partial charge in [0, 0.05) is 19.2 Å². The number of allylic oxidation sites excluding steroid dienone is 1. The van der Waals surface area contributed by atoms with E-state index in [9.17, 15) is 0 Å². The second-order valence-electron chi connectivity index (χ2n) is 6.20. The molecule has 1 aliphatic carbocycles. The lowest BCUT2D eigenvalue weighted by atomic mass is 10.1. The van der Waals surface area contributed by atoms with Crippen molar-refractivity contribution in [2.24, 2.45) is 5.92 Å². The van der Waals surface area contributed by atoms with Gasteiger partial charge in [0.15, 0.2) is 11.5 Å². The van der Waals surface area contributed by atoms with Gasteiger partial charge in [-0.05, 0) is 24.8 Å². The van der Waals surface area contributed by atoms with E-state index in [0.717, 1.165) is 47.9 Å². The zero-order chi connectivity index (χ0) is 16.4. The summed E-state index contributed by atoms with van der Waals surface area (Å²) in [6.07, 6.45) is 9.35. The van der Waals surface area contributed by atoms with Gasteiger partial charge in [0.2, 0.25) is 0 Å². The Morgan fingerprint density at radius 1 is 1.48 bits per heavy atom. The summed E-state index contributed by atoms with van der Waals surface area (Å²) in [5.74, 6) is 1.29. The van der Waals surface area contributed by atoms with Crippen LogP contribution in [-0.4, -0.2) is 32.8 Å². The highest BCUT2D eigenvalue weighted by molar-refractivity contribution is 6.04. The largest absolute Gasteiger partial charge is 0.367 e. The zero-order valence-corrected chi connectivity index (χ0v) is 13.6. The fourth-order valence-corrected chi connectivity index (χ4v) is 2.74. The van der Waals surface area contributed by atoms with Crippen LogP contribution in [0.4, 0.5) is 5.82 Å². The Balaban J connectivity index is 2.17. The first-order valence-electron chi connectivity index (χ1n) is 7.99. The molecule has 3 N–H and O–H groups in total. The Morgan fingerprint density at radius 3 is 3.04 bits per heavy atom. The van der Waals surface area contributed by atoms with Crippen LogP contribution >= 0.6 is 0 Å². The quantitative estimate of drug-likeness (QED) is 0.716. The van der Waals surface area contributed by atoms with Gasteiger partial charge in [-0.3, -0.25) is 4.40 Å². The standard InChI is InChI=1S/C17H22N6/c1-11(2)9-20-16-17-21-10-15(12(19)7-8-18)23(17)14-6-4-3-5-13(14)22-16/h4,6,8,10-11,18-19H,3,5,7,9H2,1-2H3,(H,20,22). The summed E-state index contributed by atoms with van der Waals surface area (Å²) in [7, 11) is 0. The second-order valence-corrected chi connectivity index (χ2v) is 6.20. The van der Waals surface area contributed by atoms with Crippen LogP contribution in [0.5, 0.6) is 0 Å². The summed E-state index contributed by atoms with van der Waals surface area (Å²) in [5.41, 5.74) is 3.92. The molecular weight excluding hydrogens is 288 g/mol. The molecule has 2 heterocycles. The minimum absolute atomic E-state index is 0.309. The van der Waals surface area contributed by atoms with Crippen LogP contribution in [0.1, 0.15) is 43.8 Å². The fraction of sp³-hybridized carbons (Fsp3) is 0.412. The highest BCUT2D eigenvalue weighted by atomic mass is 15.1. The van der Waals surface area contributed by atoms with Gasteiger partial charge in [-0.1, -0.05) is 19.9 Å². The van der Waals surface area contributed by atoms with E-state index in [2.05, 4.69) is 36.3 Å². The zero-order valence-electron chi connectivity index (χ0n) is 13.6. The van der Waals surface area contributed by atoms with Crippen LogP contribution in [-0.2, 0) is 6.42 Å². The number of anilines is 1. The van der Waals surface area contributed by atoms with Crippen molar-refractivity contribution in [2.75, 3.05) is 11.9 Å². The van der Waals surface area contributed by atoms with E-state index in [1.807, 2.05) is 4.40 Å². The Hall–Kier alpha value is -2.50. The van der Waals surface area contributed by atoms with E-state index in [0.29, 0.717) is 18.1 Å². The van der Waals surface area contributed by atoms with E-state index < -0.39 is 0 Å². The average Bonchev–Trinajstić information content (AvgIpc) is 2.98. The third-order valence-corrected chi connectivity index (χ3v) is 3.87. The topological polar surface area (TPSA) is 89.9 Å². The van der Waals surface area contributed by atoms with Crippen molar-refractivity contribution in [3.8, 4) is 0 Å². The van der Waals surface area contributed by atoms with Crippen molar-refractivity contribution >= 4 is 29.5 Å². The van der Waals surface area contributed by atoms with Crippen LogP contribution in [0.2, 0.25) is 0 Å². The number of rotatable bonds is 6. The smallest absolute Gasteiger partial charge is 0.181 e. The first-order chi connectivity index (χ1) is 11.1. The van der Waals surface area contributed by atoms with Gasteiger partial charge < -0.3 is 16.1 Å². The lowest BCUT2D eigenvalue weighted by Crippen LogP contribution is -2.16. The molecule has 1 aliphatic rings. The molecule has 3 rings (SSSR count). The van der Waals surface area contributed by atoms with Crippen LogP contribution in [0.15, 0.2) is 12.3 Å². The van der Waals surface area contributed by atoms with Crippen LogP contribution < -0.4 is 5.32 Å². The van der Waals surface area contributed by atoms with E-state index in [-0.39, 0.29) is 0 Å². The molecule has 0 aliphatic heterocycles. The third kappa shape index (κ3) is 2.88. The monoisotopic (exact) mass is 310 g/mol. The molecule has 0 spiro atoms. The van der Waals surface area contributed by atoms with E-state index >= 15 is 0 Å². The lowest BCUT2D eigenvalue weighted by Gasteiger charge is -2.17. The van der Waals surface area contributed by atoms with Gasteiger partial charge in [0.05, 0.1) is 29.0 Å². The SMILES string of the molecule is CC(C)CNc1nc2c(n3c(C(=N)CC=N)cnc13)C=CCC2. The summed E-state index contributed by atoms with van der Waals surface area (Å²) in [5, 5.41) is 18.8. The Morgan fingerprint density at radius 2 is 2.30 bits per heavy atom. The van der Waals surface area contributed by atoms with Crippen molar-refractivity contribution in [3.63, 3.8) is 0 Å². The number of fused-ring (bicyclic) bond motifs is 3. The molecule has 0 amide bonds. The minimum Gasteiger partial charge on any atom is -0.367 e. The van der Waals surface area contributed by atoms with E-state index in [1.165, 1.54) is 6.21 Å². The molecule has 0 saturated carbocycles. The van der Waals surface area contributed by atoms with Gasteiger partial charge in [-0.2, -0.15) is 0 Å². The number of aromatic nitrogens is 3. The van der Waals surface area contributed by atoms with Gasteiger partial charge >= 0.3 is 0 Å². The molecule has 2 aromatic rings. The number of hydrogen-bond donors (Lipinski definition) is 3. The summed E-state index contributed by atoms with van der Waals surface area (Å²) >= 11 is 0. The van der Waals surface area contributed by atoms with Crippen LogP contribution in [0, 0.1) is 16.7 Å². The molecule has 0 bridgehead atoms. The molecule has 6 nitrogen and oxygen atoms in total. The molecule has 0 aromatic carbocycles. The summed E-state index contributed by atoms with van der Waals surface area (Å²) in [6, 6.07) is 0. The molecule has 0 atom stereocenters. The van der Waals surface area contributed by atoms with E-state index in [4.69, 9.17) is 15.8 Å². The predicted molar refractivity (Wildman–Crippen MR) is 93.9 cm³/mol. The molecule has 23 heavy (non-hydrogen) atoms. The van der Waals surface area contributed by atoms with Crippen molar-refractivity contribution in [1.82, 2.24) is 14.4 Å². The van der Waals surface area contributed by atoms with E-state index in [1.54, 1.807) is 6.20 Å². The van der Waals surface area contributed by atoms with Crippen molar-refractivity contribution in [2.45, 2.75) is 33.1 Å². The molecule has 0 saturated heterocycles.